The second-order valence-electron chi connectivity index (χ2n) is 6.14. The van der Waals surface area contributed by atoms with Crippen LogP contribution in [-0.4, -0.2) is 32.4 Å². The lowest BCUT2D eigenvalue weighted by Gasteiger charge is -2.17. The SMILES string of the molecule is Cc1cc2nc(C3=C(O)CN(Cc4cccs4)C3=N)[nH]c2cc1C. The number of nitrogens with one attached hydrogen (secondary N) is 2. The molecule has 3 N–H and O–H groups in total. The van der Waals surface area contributed by atoms with Gasteiger partial charge in [0, 0.05) is 4.88 Å². The highest BCUT2D eigenvalue weighted by Crippen LogP contribution is 2.29. The van der Waals surface area contributed by atoms with Crippen molar-refractivity contribution in [3.05, 3.63) is 57.2 Å². The van der Waals surface area contributed by atoms with Gasteiger partial charge in [-0.1, -0.05) is 6.07 Å². The average molecular weight is 338 g/mol. The topological polar surface area (TPSA) is 76.0 Å². The molecule has 0 saturated heterocycles. The Bertz CT molecular complexity index is 929. The molecule has 0 spiro atoms. The van der Waals surface area contributed by atoms with Gasteiger partial charge in [-0.25, -0.2) is 4.98 Å². The number of hydrogen-bond donors (Lipinski definition) is 3. The number of aromatic amines is 1. The molecule has 0 unspecified atom stereocenters. The van der Waals surface area contributed by atoms with Crippen LogP contribution in [-0.2, 0) is 6.54 Å². The molecule has 6 heteroatoms. The minimum absolute atomic E-state index is 0.198. The molecule has 0 radical (unpaired) electrons. The molecule has 0 saturated carbocycles. The summed E-state index contributed by atoms with van der Waals surface area (Å²) in [6.45, 7) is 5.09. The summed E-state index contributed by atoms with van der Waals surface area (Å²) in [6, 6.07) is 8.13. The van der Waals surface area contributed by atoms with Gasteiger partial charge >= 0.3 is 0 Å². The molecule has 4 rings (SSSR count). The van der Waals surface area contributed by atoms with Crippen molar-refractivity contribution in [3.8, 4) is 0 Å². The number of thiophene rings is 1. The zero-order chi connectivity index (χ0) is 16.8. The number of amidine groups is 1. The standard InChI is InChI=1S/C18H18N4OS/c1-10-6-13-14(7-11(10)2)21-18(20-13)16-15(23)9-22(17(16)19)8-12-4-3-5-24-12/h3-7,19,23H,8-9H2,1-2H3,(H,20,21). The molecule has 0 fully saturated rings. The third-order valence-corrected chi connectivity index (χ3v) is 5.30. The number of imidazole rings is 1. The number of nitrogens with zero attached hydrogens (tertiary/aromatic N) is 2. The van der Waals surface area contributed by atoms with Gasteiger partial charge in [0.15, 0.2) is 0 Å². The van der Waals surface area contributed by atoms with Gasteiger partial charge in [-0.05, 0) is 48.6 Å². The van der Waals surface area contributed by atoms with Gasteiger partial charge in [0.2, 0.25) is 0 Å². The summed E-state index contributed by atoms with van der Waals surface area (Å²) in [6.07, 6.45) is 0. The van der Waals surface area contributed by atoms with E-state index in [-0.39, 0.29) is 5.76 Å². The zero-order valence-corrected chi connectivity index (χ0v) is 14.4. The molecular formula is C18H18N4OS. The van der Waals surface area contributed by atoms with Gasteiger partial charge in [-0.15, -0.1) is 11.3 Å². The number of benzene rings is 1. The van der Waals surface area contributed by atoms with Crippen LogP contribution >= 0.6 is 11.3 Å². The van der Waals surface area contributed by atoms with Crippen LogP contribution in [0.2, 0.25) is 0 Å². The zero-order valence-electron chi connectivity index (χ0n) is 13.6. The molecule has 1 aromatic carbocycles. The molecule has 0 atom stereocenters. The van der Waals surface area contributed by atoms with Crippen LogP contribution in [0.5, 0.6) is 0 Å². The molecule has 5 nitrogen and oxygen atoms in total. The van der Waals surface area contributed by atoms with E-state index in [1.165, 1.54) is 16.0 Å². The Morgan fingerprint density at radius 1 is 1.33 bits per heavy atom. The van der Waals surface area contributed by atoms with Crippen LogP contribution in [0.15, 0.2) is 35.4 Å². The molecule has 0 aliphatic carbocycles. The maximum absolute atomic E-state index is 10.4. The number of fused-ring (bicyclic) bond motifs is 1. The van der Waals surface area contributed by atoms with Crippen molar-refractivity contribution in [2.45, 2.75) is 20.4 Å². The molecule has 3 heterocycles. The van der Waals surface area contributed by atoms with Crippen molar-refractivity contribution in [2.24, 2.45) is 0 Å². The van der Waals surface area contributed by atoms with Crippen LogP contribution in [0.1, 0.15) is 21.8 Å². The minimum atomic E-state index is 0.198. The largest absolute Gasteiger partial charge is 0.510 e. The summed E-state index contributed by atoms with van der Waals surface area (Å²) in [5, 5.41) is 20.9. The molecule has 24 heavy (non-hydrogen) atoms. The summed E-state index contributed by atoms with van der Waals surface area (Å²) in [5.41, 5.74) is 4.66. The van der Waals surface area contributed by atoms with E-state index in [0.717, 1.165) is 11.0 Å². The highest BCUT2D eigenvalue weighted by atomic mass is 32.1. The van der Waals surface area contributed by atoms with E-state index in [9.17, 15) is 5.11 Å². The first kappa shape index (κ1) is 15.0. The Balaban J connectivity index is 1.68. The highest BCUT2D eigenvalue weighted by Gasteiger charge is 2.30. The molecule has 1 aliphatic heterocycles. The quantitative estimate of drug-likeness (QED) is 0.675. The van der Waals surface area contributed by atoms with E-state index in [2.05, 4.69) is 29.9 Å². The van der Waals surface area contributed by atoms with Crippen LogP contribution < -0.4 is 0 Å². The predicted octanol–water partition coefficient (Wildman–Crippen LogP) is 4.00. The lowest BCUT2D eigenvalue weighted by molar-refractivity contribution is 0.348. The smallest absolute Gasteiger partial charge is 0.145 e. The molecule has 3 aromatic rings. The predicted molar refractivity (Wildman–Crippen MR) is 97.6 cm³/mol. The Morgan fingerprint density at radius 2 is 2.12 bits per heavy atom. The van der Waals surface area contributed by atoms with Gasteiger partial charge in [-0.2, -0.15) is 0 Å². The van der Waals surface area contributed by atoms with Crippen molar-refractivity contribution in [1.29, 1.82) is 5.41 Å². The van der Waals surface area contributed by atoms with E-state index in [1.54, 1.807) is 11.3 Å². The van der Waals surface area contributed by atoms with E-state index in [1.807, 2.05) is 28.5 Å². The fraction of sp³-hybridized carbons (Fsp3) is 0.222. The van der Waals surface area contributed by atoms with Gasteiger partial charge in [0.05, 0.1) is 29.7 Å². The Kier molecular flexibility index (Phi) is 3.42. The van der Waals surface area contributed by atoms with Crippen molar-refractivity contribution in [1.82, 2.24) is 14.9 Å². The van der Waals surface area contributed by atoms with Crippen molar-refractivity contribution >= 4 is 33.8 Å². The molecule has 1 aliphatic rings. The number of aliphatic hydroxyl groups excluding tert-OH is 1. The number of H-pyrrole nitrogens is 1. The first-order chi connectivity index (χ1) is 11.5. The maximum atomic E-state index is 10.4. The summed E-state index contributed by atoms with van der Waals surface area (Å²) >= 11 is 1.66. The normalized spacial score (nSPS) is 15.1. The van der Waals surface area contributed by atoms with E-state index >= 15 is 0 Å². The van der Waals surface area contributed by atoms with Crippen molar-refractivity contribution in [2.75, 3.05) is 6.54 Å². The highest BCUT2D eigenvalue weighted by molar-refractivity contribution is 7.09. The van der Waals surface area contributed by atoms with Crippen LogP contribution in [0.25, 0.3) is 16.6 Å². The number of hydrogen-bond acceptors (Lipinski definition) is 4. The Labute approximate surface area is 143 Å². The van der Waals surface area contributed by atoms with E-state index < -0.39 is 0 Å². The lowest BCUT2D eigenvalue weighted by atomic mass is 10.1. The Hall–Kier alpha value is -2.60. The number of aliphatic hydroxyl groups is 1. The molecule has 0 amide bonds. The van der Waals surface area contributed by atoms with Gasteiger partial charge in [-0.3, -0.25) is 5.41 Å². The van der Waals surface area contributed by atoms with Crippen molar-refractivity contribution < 1.29 is 5.11 Å². The first-order valence-electron chi connectivity index (χ1n) is 7.78. The maximum Gasteiger partial charge on any atom is 0.145 e. The van der Waals surface area contributed by atoms with Gasteiger partial charge in [0.25, 0.3) is 0 Å². The molecule has 122 valence electrons. The van der Waals surface area contributed by atoms with Crippen molar-refractivity contribution in [3.63, 3.8) is 0 Å². The fourth-order valence-electron chi connectivity index (χ4n) is 3.00. The van der Waals surface area contributed by atoms with E-state index in [4.69, 9.17) is 5.41 Å². The minimum Gasteiger partial charge on any atom is -0.510 e. The second-order valence-corrected chi connectivity index (χ2v) is 7.18. The second kappa shape index (κ2) is 5.49. The number of aryl methyl sites for hydroxylation is 2. The Morgan fingerprint density at radius 3 is 2.88 bits per heavy atom. The lowest BCUT2D eigenvalue weighted by Crippen LogP contribution is -2.25. The third-order valence-electron chi connectivity index (χ3n) is 4.44. The summed E-state index contributed by atoms with van der Waals surface area (Å²) < 4.78 is 0. The average Bonchev–Trinajstić information content (AvgIpc) is 3.22. The fourth-order valence-corrected chi connectivity index (χ4v) is 3.72. The summed E-state index contributed by atoms with van der Waals surface area (Å²) in [4.78, 5) is 10.9. The monoisotopic (exact) mass is 338 g/mol. The van der Waals surface area contributed by atoms with Crippen LogP contribution in [0.3, 0.4) is 0 Å². The molecular weight excluding hydrogens is 320 g/mol. The third kappa shape index (κ3) is 2.39. The summed E-state index contributed by atoms with van der Waals surface area (Å²) in [5.74, 6) is 1.07. The van der Waals surface area contributed by atoms with E-state index in [0.29, 0.717) is 30.3 Å². The number of aromatic nitrogens is 2. The molecule has 2 aromatic heterocycles. The van der Waals surface area contributed by atoms with Gasteiger partial charge < -0.3 is 15.0 Å². The summed E-state index contributed by atoms with van der Waals surface area (Å²) in [7, 11) is 0. The van der Waals surface area contributed by atoms with Crippen LogP contribution in [0.4, 0.5) is 0 Å². The number of rotatable bonds is 3. The molecule has 0 bridgehead atoms. The first-order valence-corrected chi connectivity index (χ1v) is 8.66. The van der Waals surface area contributed by atoms with Crippen LogP contribution in [0, 0.1) is 19.3 Å². The van der Waals surface area contributed by atoms with Gasteiger partial charge in [0.1, 0.15) is 17.4 Å².